The van der Waals surface area contributed by atoms with Gasteiger partial charge in [0.05, 0.1) is 32.4 Å². The second kappa shape index (κ2) is 8.73. The summed E-state index contributed by atoms with van der Waals surface area (Å²) in [6.45, 7) is 7.84. The minimum Gasteiger partial charge on any atom is -0.496 e. The van der Waals surface area contributed by atoms with Gasteiger partial charge in [0, 0.05) is 11.6 Å². The smallest absolute Gasteiger partial charge is 0.276 e. The van der Waals surface area contributed by atoms with Crippen LogP contribution in [-0.4, -0.2) is 36.0 Å². The van der Waals surface area contributed by atoms with Crippen molar-refractivity contribution in [1.82, 2.24) is 4.83 Å². The molecule has 2 aromatic rings. The van der Waals surface area contributed by atoms with E-state index in [1.165, 1.54) is 27.5 Å². The number of rotatable bonds is 7. The van der Waals surface area contributed by atoms with Gasteiger partial charge in [0.1, 0.15) is 5.75 Å². The van der Waals surface area contributed by atoms with Gasteiger partial charge in [-0.1, -0.05) is 32.9 Å². The van der Waals surface area contributed by atoms with Crippen LogP contribution in [0.25, 0.3) is 0 Å². The van der Waals surface area contributed by atoms with Gasteiger partial charge in [0.15, 0.2) is 11.5 Å². The van der Waals surface area contributed by atoms with E-state index in [1.54, 1.807) is 31.2 Å². The molecule has 158 valence electrons. The standard InChI is InChI=1S/C21H28N2O5S/c1-14-8-9-16(21(2,3)4)11-20(14)29(24,25)23-22-13-15-10-18(27-6)19(28-7)12-17(15)26-5/h8-13,23H,1-7H3/b22-13+. The molecule has 0 bridgehead atoms. The van der Waals surface area contributed by atoms with E-state index in [9.17, 15) is 8.42 Å². The van der Waals surface area contributed by atoms with Crippen molar-refractivity contribution in [1.29, 1.82) is 0 Å². The van der Waals surface area contributed by atoms with E-state index in [1.807, 2.05) is 26.8 Å². The Morgan fingerprint density at radius 1 is 0.931 bits per heavy atom. The van der Waals surface area contributed by atoms with Crippen molar-refractivity contribution < 1.29 is 22.6 Å². The molecule has 7 nitrogen and oxygen atoms in total. The monoisotopic (exact) mass is 420 g/mol. The van der Waals surface area contributed by atoms with Crippen molar-refractivity contribution in [3.63, 3.8) is 0 Å². The molecule has 8 heteroatoms. The number of aryl methyl sites for hydroxylation is 1. The van der Waals surface area contributed by atoms with Crippen LogP contribution in [0.3, 0.4) is 0 Å². The van der Waals surface area contributed by atoms with Crippen LogP contribution in [0, 0.1) is 6.92 Å². The Morgan fingerprint density at radius 3 is 2.07 bits per heavy atom. The largest absolute Gasteiger partial charge is 0.496 e. The maximum Gasteiger partial charge on any atom is 0.276 e. The molecular weight excluding hydrogens is 392 g/mol. The minimum absolute atomic E-state index is 0.172. The molecule has 1 N–H and O–H groups in total. The molecule has 0 aliphatic heterocycles. The van der Waals surface area contributed by atoms with E-state index in [0.29, 0.717) is 28.4 Å². The zero-order chi connectivity index (χ0) is 21.8. The van der Waals surface area contributed by atoms with Gasteiger partial charge < -0.3 is 14.2 Å². The lowest BCUT2D eigenvalue weighted by Gasteiger charge is -2.20. The van der Waals surface area contributed by atoms with Gasteiger partial charge in [0.25, 0.3) is 10.0 Å². The maximum atomic E-state index is 12.8. The molecular formula is C21H28N2O5S. The molecule has 0 aliphatic rings. The molecule has 0 unspecified atom stereocenters. The molecule has 0 spiro atoms. The highest BCUT2D eigenvalue weighted by atomic mass is 32.2. The molecule has 0 heterocycles. The highest BCUT2D eigenvalue weighted by Gasteiger charge is 2.21. The zero-order valence-electron chi connectivity index (χ0n) is 17.9. The molecule has 0 fully saturated rings. The van der Waals surface area contributed by atoms with Crippen LogP contribution < -0.4 is 19.0 Å². The van der Waals surface area contributed by atoms with Crippen molar-refractivity contribution >= 4 is 16.2 Å². The van der Waals surface area contributed by atoms with Crippen LogP contribution in [0.1, 0.15) is 37.5 Å². The zero-order valence-corrected chi connectivity index (χ0v) is 18.7. The van der Waals surface area contributed by atoms with Crippen LogP contribution in [-0.2, 0) is 15.4 Å². The van der Waals surface area contributed by atoms with Crippen LogP contribution in [0.4, 0.5) is 0 Å². The van der Waals surface area contributed by atoms with Gasteiger partial charge in [-0.2, -0.15) is 13.5 Å². The normalized spacial score (nSPS) is 12.1. The maximum absolute atomic E-state index is 12.8. The average Bonchev–Trinajstić information content (AvgIpc) is 2.66. The van der Waals surface area contributed by atoms with Gasteiger partial charge >= 0.3 is 0 Å². The fraction of sp³-hybridized carbons (Fsp3) is 0.381. The molecule has 0 aromatic heterocycles. The van der Waals surface area contributed by atoms with E-state index in [-0.39, 0.29) is 10.3 Å². The number of hydrogen-bond acceptors (Lipinski definition) is 6. The molecule has 2 rings (SSSR count). The summed E-state index contributed by atoms with van der Waals surface area (Å²) in [5, 5.41) is 3.92. The third kappa shape index (κ3) is 5.20. The highest BCUT2D eigenvalue weighted by molar-refractivity contribution is 7.89. The number of nitrogens with one attached hydrogen (secondary N) is 1. The van der Waals surface area contributed by atoms with Crippen LogP contribution in [0.2, 0.25) is 0 Å². The van der Waals surface area contributed by atoms with E-state index < -0.39 is 10.0 Å². The quantitative estimate of drug-likeness (QED) is 0.546. The van der Waals surface area contributed by atoms with Gasteiger partial charge in [0.2, 0.25) is 0 Å². The Balaban J connectivity index is 2.35. The van der Waals surface area contributed by atoms with Crippen molar-refractivity contribution in [2.75, 3.05) is 21.3 Å². The minimum atomic E-state index is -3.84. The number of hydrazone groups is 1. The molecule has 0 atom stereocenters. The Hall–Kier alpha value is -2.74. The molecule has 29 heavy (non-hydrogen) atoms. The first-order valence-electron chi connectivity index (χ1n) is 8.99. The predicted octanol–water partition coefficient (Wildman–Crippen LogP) is 3.63. The second-order valence-electron chi connectivity index (χ2n) is 7.53. The summed E-state index contributed by atoms with van der Waals surface area (Å²) in [6, 6.07) is 8.72. The number of nitrogens with zero attached hydrogens (tertiary/aromatic N) is 1. The fourth-order valence-electron chi connectivity index (χ4n) is 2.72. The summed E-state index contributed by atoms with van der Waals surface area (Å²) in [6.07, 6.45) is 1.36. The van der Waals surface area contributed by atoms with Crippen molar-refractivity contribution in [3.05, 3.63) is 47.0 Å². The first-order valence-corrected chi connectivity index (χ1v) is 10.5. The van der Waals surface area contributed by atoms with Crippen LogP contribution >= 0.6 is 0 Å². The third-order valence-corrected chi connectivity index (χ3v) is 5.82. The Bertz CT molecular complexity index is 1010. The lowest BCUT2D eigenvalue weighted by molar-refractivity contribution is 0.349. The van der Waals surface area contributed by atoms with E-state index in [0.717, 1.165) is 5.56 Å². The van der Waals surface area contributed by atoms with Gasteiger partial charge in [-0.25, -0.2) is 4.83 Å². The van der Waals surface area contributed by atoms with Crippen LogP contribution in [0.15, 0.2) is 40.3 Å². The lowest BCUT2D eigenvalue weighted by atomic mass is 9.87. The highest BCUT2D eigenvalue weighted by Crippen LogP contribution is 2.33. The van der Waals surface area contributed by atoms with Crippen LogP contribution in [0.5, 0.6) is 17.2 Å². The summed E-state index contributed by atoms with van der Waals surface area (Å²) in [5.41, 5.74) is 1.93. The second-order valence-corrected chi connectivity index (χ2v) is 9.16. The number of benzene rings is 2. The average molecular weight is 421 g/mol. The lowest BCUT2D eigenvalue weighted by Crippen LogP contribution is -2.21. The summed E-state index contributed by atoms with van der Waals surface area (Å²) in [5.74, 6) is 1.44. The summed E-state index contributed by atoms with van der Waals surface area (Å²) in [4.78, 5) is 2.47. The number of ether oxygens (including phenoxy) is 3. The fourth-order valence-corrected chi connectivity index (χ4v) is 3.79. The van der Waals surface area contributed by atoms with E-state index in [4.69, 9.17) is 14.2 Å². The summed E-state index contributed by atoms with van der Waals surface area (Å²) >= 11 is 0. The van der Waals surface area contributed by atoms with E-state index >= 15 is 0 Å². The van der Waals surface area contributed by atoms with E-state index in [2.05, 4.69) is 9.93 Å². The summed E-state index contributed by atoms with van der Waals surface area (Å²) < 4.78 is 41.4. The predicted molar refractivity (Wildman–Crippen MR) is 114 cm³/mol. The first-order chi connectivity index (χ1) is 13.5. The number of methoxy groups -OCH3 is 3. The molecule has 2 aromatic carbocycles. The third-order valence-electron chi connectivity index (χ3n) is 4.46. The SMILES string of the molecule is COc1cc(OC)c(OC)cc1/C=N/NS(=O)(=O)c1cc(C(C)(C)C)ccc1C. The number of sulfonamides is 1. The summed E-state index contributed by atoms with van der Waals surface area (Å²) in [7, 11) is 0.701. The van der Waals surface area contributed by atoms with Crippen molar-refractivity contribution in [2.24, 2.45) is 5.10 Å². The van der Waals surface area contributed by atoms with Gasteiger partial charge in [-0.15, -0.1) is 0 Å². The van der Waals surface area contributed by atoms with Gasteiger partial charge in [-0.05, 0) is 35.6 Å². The molecule has 0 aliphatic carbocycles. The number of hydrogen-bond donors (Lipinski definition) is 1. The molecule has 0 saturated heterocycles. The molecule has 0 saturated carbocycles. The van der Waals surface area contributed by atoms with Crippen molar-refractivity contribution in [3.8, 4) is 17.2 Å². The topological polar surface area (TPSA) is 86.2 Å². The Kier molecular flexibility index (Phi) is 6.79. The molecule has 0 radical (unpaired) electrons. The van der Waals surface area contributed by atoms with Gasteiger partial charge in [-0.3, -0.25) is 0 Å². The van der Waals surface area contributed by atoms with Crippen molar-refractivity contribution in [2.45, 2.75) is 38.0 Å². The Morgan fingerprint density at radius 2 is 1.52 bits per heavy atom. The molecule has 0 amide bonds. The Labute approximate surface area is 172 Å². The first kappa shape index (κ1) is 22.5.